The fourth-order valence-electron chi connectivity index (χ4n) is 0.889. The van der Waals surface area contributed by atoms with Gasteiger partial charge in [-0.05, 0) is 0 Å². The number of hydrogen-bond acceptors (Lipinski definition) is 8. The molecule has 0 spiro atoms. The van der Waals surface area contributed by atoms with Gasteiger partial charge in [0.2, 0.25) is 0 Å². The highest BCUT2D eigenvalue weighted by Crippen LogP contribution is 1.87. The number of rotatable bonds is 7. The summed E-state index contributed by atoms with van der Waals surface area (Å²) in [4.78, 5) is 0. The lowest BCUT2D eigenvalue weighted by molar-refractivity contribution is 0.351. The molecule has 0 aromatic rings. The van der Waals surface area contributed by atoms with E-state index in [-0.39, 0.29) is 12.1 Å². The standard InChI is InChI=1S/C4H18N8/c5-9-1-3(11-7)4(12-8)2-10-6/h3-4,9-12H,1-2,5-8H2. The third-order valence-electron chi connectivity index (χ3n) is 1.59. The first-order valence-electron chi connectivity index (χ1n) is 3.59. The van der Waals surface area contributed by atoms with Crippen LogP contribution in [0.5, 0.6) is 0 Å². The zero-order valence-electron chi connectivity index (χ0n) is 6.88. The SMILES string of the molecule is NNCC(NN)C(CNN)NN. The molecule has 0 aromatic heterocycles. The second kappa shape index (κ2) is 7.34. The van der Waals surface area contributed by atoms with Crippen molar-refractivity contribution in [3.8, 4) is 0 Å². The van der Waals surface area contributed by atoms with Crippen LogP contribution in [0.25, 0.3) is 0 Å². The molecule has 8 heteroatoms. The first-order chi connectivity index (χ1) is 5.79. The molecule has 0 aliphatic heterocycles. The molecular weight excluding hydrogens is 160 g/mol. The Labute approximate surface area is 71.3 Å². The van der Waals surface area contributed by atoms with Gasteiger partial charge in [-0.3, -0.25) is 45.1 Å². The summed E-state index contributed by atoms with van der Waals surface area (Å²) in [5.41, 5.74) is 10.1. The fourth-order valence-corrected chi connectivity index (χ4v) is 0.889. The Morgan fingerprint density at radius 2 is 1.08 bits per heavy atom. The van der Waals surface area contributed by atoms with Crippen molar-refractivity contribution in [3.05, 3.63) is 0 Å². The molecule has 0 fully saturated rings. The van der Waals surface area contributed by atoms with Crippen LogP contribution in [0.4, 0.5) is 0 Å². The third-order valence-corrected chi connectivity index (χ3v) is 1.59. The molecule has 0 saturated carbocycles. The van der Waals surface area contributed by atoms with Crippen molar-refractivity contribution in [1.82, 2.24) is 21.7 Å². The van der Waals surface area contributed by atoms with Crippen molar-refractivity contribution in [2.24, 2.45) is 23.4 Å². The number of hydrazine groups is 4. The number of nitrogens with two attached hydrogens (primary N) is 4. The Kier molecular flexibility index (Phi) is 7.14. The maximum absolute atomic E-state index is 5.26. The predicted octanol–water partition coefficient (Wildman–Crippen LogP) is -4.42. The molecule has 0 heterocycles. The minimum atomic E-state index is -0.0870. The van der Waals surface area contributed by atoms with Gasteiger partial charge in [-0.2, -0.15) is 0 Å². The minimum absolute atomic E-state index is 0.0870. The molecule has 12 N–H and O–H groups in total. The first-order valence-corrected chi connectivity index (χ1v) is 3.59. The van der Waals surface area contributed by atoms with Crippen molar-refractivity contribution in [2.45, 2.75) is 12.1 Å². The number of hydrogen-bond donors (Lipinski definition) is 8. The van der Waals surface area contributed by atoms with Gasteiger partial charge in [0.05, 0.1) is 12.1 Å². The Hall–Kier alpha value is -0.320. The Balaban J connectivity index is 3.84. The second-order valence-corrected chi connectivity index (χ2v) is 2.36. The van der Waals surface area contributed by atoms with E-state index < -0.39 is 0 Å². The van der Waals surface area contributed by atoms with E-state index in [1.807, 2.05) is 0 Å². The Morgan fingerprint density at radius 1 is 0.750 bits per heavy atom. The van der Waals surface area contributed by atoms with E-state index in [0.29, 0.717) is 13.1 Å². The molecule has 0 aromatic carbocycles. The van der Waals surface area contributed by atoms with Crippen LogP contribution in [0, 0.1) is 0 Å². The average Bonchev–Trinajstić information content (AvgIpc) is 2.11. The van der Waals surface area contributed by atoms with Crippen LogP contribution in [0.15, 0.2) is 0 Å². The van der Waals surface area contributed by atoms with Gasteiger partial charge in [-0.15, -0.1) is 0 Å². The predicted molar refractivity (Wildman–Crippen MR) is 46.6 cm³/mol. The maximum atomic E-state index is 5.26. The van der Waals surface area contributed by atoms with E-state index in [4.69, 9.17) is 23.4 Å². The van der Waals surface area contributed by atoms with Gasteiger partial charge >= 0.3 is 0 Å². The Morgan fingerprint density at radius 3 is 1.25 bits per heavy atom. The Bertz CT molecular complexity index is 85.1. The molecule has 0 aliphatic rings. The summed E-state index contributed by atoms with van der Waals surface area (Å²) in [6, 6.07) is -0.174. The molecule has 74 valence electrons. The summed E-state index contributed by atoms with van der Waals surface area (Å²) < 4.78 is 0. The molecule has 0 rings (SSSR count). The van der Waals surface area contributed by atoms with Crippen LogP contribution in [0.1, 0.15) is 0 Å². The normalized spacial score (nSPS) is 16.0. The topological polar surface area (TPSA) is 152 Å². The van der Waals surface area contributed by atoms with Crippen molar-refractivity contribution in [3.63, 3.8) is 0 Å². The van der Waals surface area contributed by atoms with Gasteiger partial charge < -0.3 is 0 Å². The van der Waals surface area contributed by atoms with Crippen LogP contribution in [-0.4, -0.2) is 25.2 Å². The van der Waals surface area contributed by atoms with E-state index in [1.165, 1.54) is 0 Å². The first kappa shape index (κ1) is 11.7. The quantitative estimate of drug-likeness (QED) is 0.144. The van der Waals surface area contributed by atoms with Crippen molar-refractivity contribution in [2.75, 3.05) is 13.1 Å². The molecule has 0 radical (unpaired) electrons. The molecule has 12 heavy (non-hydrogen) atoms. The lowest BCUT2D eigenvalue weighted by atomic mass is 10.1. The maximum Gasteiger partial charge on any atom is 0.0528 e. The monoisotopic (exact) mass is 178 g/mol. The summed E-state index contributed by atoms with van der Waals surface area (Å²) in [5.74, 6) is 20.8. The molecule has 2 unspecified atom stereocenters. The van der Waals surface area contributed by atoms with Gasteiger partial charge in [0.1, 0.15) is 0 Å². The number of nitrogens with one attached hydrogen (secondary N) is 4. The molecule has 0 aliphatic carbocycles. The van der Waals surface area contributed by atoms with Gasteiger partial charge in [0, 0.05) is 13.1 Å². The van der Waals surface area contributed by atoms with Gasteiger partial charge in [0.25, 0.3) is 0 Å². The lowest BCUT2D eigenvalue weighted by Gasteiger charge is -2.24. The van der Waals surface area contributed by atoms with Gasteiger partial charge in [0.15, 0.2) is 0 Å². The third kappa shape index (κ3) is 3.90. The van der Waals surface area contributed by atoms with E-state index in [9.17, 15) is 0 Å². The van der Waals surface area contributed by atoms with Crippen LogP contribution >= 0.6 is 0 Å². The van der Waals surface area contributed by atoms with E-state index in [1.54, 1.807) is 0 Å². The smallest absolute Gasteiger partial charge is 0.0528 e. The van der Waals surface area contributed by atoms with E-state index in [0.717, 1.165) is 0 Å². The van der Waals surface area contributed by atoms with E-state index >= 15 is 0 Å². The van der Waals surface area contributed by atoms with Crippen molar-refractivity contribution < 1.29 is 0 Å². The van der Waals surface area contributed by atoms with Crippen LogP contribution in [-0.2, 0) is 0 Å². The summed E-state index contributed by atoms with van der Waals surface area (Å²) in [6.45, 7) is 0.986. The summed E-state index contributed by atoms with van der Waals surface area (Å²) in [5, 5.41) is 0. The second-order valence-electron chi connectivity index (χ2n) is 2.36. The van der Waals surface area contributed by atoms with Crippen molar-refractivity contribution in [1.29, 1.82) is 0 Å². The largest absolute Gasteiger partial charge is 0.271 e. The van der Waals surface area contributed by atoms with Gasteiger partial charge in [-0.1, -0.05) is 0 Å². The zero-order valence-corrected chi connectivity index (χ0v) is 6.88. The highest BCUT2D eigenvalue weighted by Gasteiger charge is 2.17. The summed E-state index contributed by atoms with van der Waals surface area (Å²) >= 11 is 0. The summed E-state index contributed by atoms with van der Waals surface area (Å²) in [6.07, 6.45) is 0. The highest BCUT2D eigenvalue weighted by molar-refractivity contribution is 4.81. The average molecular weight is 178 g/mol. The highest BCUT2D eigenvalue weighted by atomic mass is 15.3. The molecule has 0 amide bonds. The fraction of sp³-hybridized carbons (Fsp3) is 1.00. The van der Waals surface area contributed by atoms with E-state index in [2.05, 4.69) is 21.7 Å². The molecule has 0 bridgehead atoms. The van der Waals surface area contributed by atoms with Crippen LogP contribution in [0.2, 0.25) is 0 Å². The molecule has 8 nitrogen and oxygen atoms in total. The van der Waals surface area contributed by atoms with Crippen LogP contribution < -0.4 is 45.1 Å². The molecule has 0 saturated heterocycles. The van der Waals surface area contributed by atoms with Crippen LogP contribution in [0.3, 0.4) is 0 Å². The molecular formula is C4H18N8. The summed E-state index contributed by atoms with van der Waals surface area (Å²) in [7, 11) is 0. The molecule has 2 atom stereocenters. The lowest BCUT2D eigenvalue weighted by Crippen LogP contribution is -2.61. The van der Waals surface area contributed by atoms with Crippen molar-refractivity contribution >= 4 is 0 Å². The zero-order chi connectivity index (χ0) is 9.40. The van der Waals surface area contributed by atoms with Gasteiger partial charge in [-0.25, -0.2) is 0 Å². The minimum Gasteiger partial charge on any atom is -0.271 e.